The topological polar surface area (TPSA) is 15.3 Å². The monoisotopic (exact) mass is 292 g/mol. The first-order valence-electron chi connectivity index (χ1n) is 6.23. The van der Waals surface area contributed by atoms with E-state index in [0.717, 1.165) is 25.1 Å². The third-order valence-electron chi connectivity index (χ3n) is 3.21. The molecule has 19 heavy (non-hydrogen) atoms. The Morgan fingerprint density at radius 2 is 2.11 bits per heavy atom. The molecule has 1 aromatic rings. The van der Waals surface area contributed by atoms with E-state index in [1.54, 1.807) is 0 Å². The third kappa shape index (κ3) is 3.54. The SMILES string of the molecule is CC1CN(c2cc(C(F)(F)F)ccc2Cl)CCCN1. The van der Waals surface area contributed by atoms with E-state index in [2.05, 4.69) is 5.32 Å². The molecule has 1 unspecified atom stereocenters. The molecule has 1 saturated heterocycles. The summed E-state index contributed by atoms with van der Waals surface area (Å²) in [5.41, 5.74) is -0.191. The van der Waals surface area contributed by atoms with Gasteiger partial charge in [0.05, 0.1) is 16.3 Å². The van der Waals surface area contributed by atoms with Crippen LogP contribution < -0.4 is 10.2 Å². The highest BCUT2D eigenvalue weighted by Crippen LogP contribution is 2.35. The molecule has 1 aliphatic rings. The van der Waals surface area contributed by atoms with Gasteiger partial charge < -0.3 is 10.2 Å². The highest BCUT2D eigenvalue weighted by Gasteiger charge is 2.31. The van der Waals surface area contributed by atoms with E-state index >= 15 is 0 Å². The number of anilines is 1. The van der Waals surface area contributed by atoms with Crippen molar-refractivity contribution in [3.63, 3.8) is 0 Å². The maximum atomic E-state index is 12.7. The van der Waals surface area contributed by atoms with Gasteiger partial charge in [-0.25, -0.2) is 0 Å². The quantitative estimate of drug-likeness (QED) is 0.851. The van der Waals surface area contributed by atoms with Crippen LogP contribution in [0.2, 0.25) is 5.02 Å². The molecule has 2 nitrogen and oxygen atoms in total. The first-order chi connectivity index (χ1) is 8.88. The Bertz CT molecular complexity index is 448. The van der Waals surface area contributed by atoms with Crippen molar-refractivity contribution in [1.82, 2.24) is 5.32 Å². The van der Waals surface area contributed by atoms with Gasteiger partial charge in [0.2, 0.25) is 0 Å². The van der Waals surface area contributed by atoms with Gasteiger partial charge in [0.15, 0.2) is 0 Å². The van der Waals surface area contributed by atoms with Gasteiger partial charge in [0, 0.05) is 19.1 Å². The van der Waals surface area contributed by atoms with Crippen LogP contribution in [0.5, 0.6) is 0 Å². The van der Waals surface area contributed by atoms with E-state index in [-0.39, 0.29) is 6.04 Å². The molecular formula is C13H16ClF3N2. The summed E-state index contributed by atoms with van der Waals surface area (Å²) < 4.78 is 38.2. The molecule has 6 heteroatoms. The van der Waals surface area contributed by atoms with Gasteiger partial charge in [-0.05, 0) is 38.1 Å². The number of benzene rings is 1. The Kier molecular flexibility index (Phi) is 4.26. The second kappa shape index (κ2) is 5.59. The van der Waals surface area contributed by atoms with E-state index in [1.165, 1.54) is 6.07 Å². The minimum absolute atomic E-state index is 0.230. The average Bonchev–Trinajstić information content (AvgIpc) is 2.53. The van der Waals surface area contributed by atoms with Crippen molar-refractivity contribution < 1.29 is 13.2 Å². The van der Waals surface area contributed by atoms with Crippen LogP contribution in [0, 0.1) is 0 Å². The predicted octanol–water partition coefficient (Wildman–Crippen LogP) is 3.55. The zero-order valence-electron chi connectivity index (χ0n) is 10.6. The molecule has 1 fully saturated rings. The van der Waals surface area contributed by atoms with Crippen LogP contribution in [-0.2, 0) is 6.18 Å². The van der Waals surface area contributed by atoms with Crippen LogP contribution in [0.25, 0.3) is 0 Å². The second-order valence-corrected chi connectivity index (χ2v) is 5.23. The van der Waals surface area contributed by atoms with Crippen molar-refractivity contribution in [3.8, 4) is 0 Å². The van der Waals surface area contributed by atoms with Crippen molar-refractivity contribution in [2.75, 3.05) is 24.5 Å². The minimum atomic E-state index is -4.34. The van der Waals surface area contributed by atoms with Gasteiger partial charge >= 0.3 is 6.18 Å². The number of rotatable bonds is 1. The summed E-state index contributed by atoms with van der Waals surface area (Å²) in [7, 11) is 0. The highest BCUT2D eigenvalue weighted by molar-refractivity contribution is 6.33. The molecule has 0 bridgehead atoms. The molecule has 0 amide bonds. The fraction of sp³-hybridized carbons (Fsp3) is 0.538. The Labute approximate surface area is 115 Å². The van der Waals surface area contributed by atoms with Crippen molar-refractivity contribution in [1.29, 1.82) is 0 Å². The number of nitrogens with one attached hydrogen (secondary N) is 1. The summed E-state index contributed by atoms with van der Waals surface area (Å²) in [6, 6.07) is 3.71. The minimum Gasteiger partial charge on any atom is -0.369 e. The van der Waals surface area contributed by atoms with Gasteiger partial charge in [-0.1, -0.05) is 11.6 Å². The lowest BCUT2D eigenvalue weighted by atomic mass is 10.1. The molecule has 2 rings (SSSR count). The summed E-state index contributed by atoms with van der Waals surface area (Å²) >= 11 is 6.05. The second-order valence-electron chi connectivity index (χ2n) is 4.82. The Hall–Kier alpha value is -0.940. The standard InChI is InChI=1S/C13H16ClF3N2/c1-9-8-19(6-2-5-18-9)12-7-10(13(15,16)17)3-4-11(12)14/h3-4,7,9,18H,2,5-6,8H2,1H3. The summed E-state index contributed by atoms with van der Waals surface area (Å²) in [5, 5.41) is 3.66. The van der Waals surface area contributed by atoms with Crippen molar-refractivity contribution in [2.24, 2.45) is 0 Å². The molecule has 0 aliphatic carbocycles. The van der Waals surface area contributed by atoms with Crippen LogP contribution in [-0.4, -0.2) is 25.7 Å². The van der Waals surface area contributed by atoms with Crippen LogP contribution in [0.4, 0.5) is 18.9 Å². The molecule has 0 spiro atoms. The lowest BCUT2D eigenvalue weighted by Gasteiger charge is -2.26. The van der Waals surface area contributed by atoms with Crippen LogP contribution in [0.3, 0.4) is 0 Å². The lowest BCUT2D eigenvalue weighted by Crippen LogP contribution is -2.35. The molecule has 0 radical (unpaired) electrons. The predicted molar refractivity (Wildman–Crippen MR) is 70.7 cm³/mol. The number of alkyl halides is 3. The maximum Gasteiger partial charge on any atom is 0.416 e. The van der Waals surface area contributed by atoms with Crippen LogP contribution >= 0.6 is 11.6 Å². The van der Waals surface area contributed by atoms with Gasteiger partial charge in [-0.3, -0.25) is 0 Å². The molecule has 1 aromatic carbocycles. The molecular weight excluding hydrogens is 277 g/mol. The van der Waals surface area contributed by atoms with E-state index in [1.807, 2.05) is 11.8 Å². The van der Waals surface area contributed by atoms with Gasteiger partial charge in [-0.15, -0.1) is 0 Å². The third-order valence-corrected chi connectivity index (χ3v) is 3.53. The summed E-state index contributed by atoms with van der Waals surface area (Å²) in [6.07, 6.45) is -3.45. The fourth-order valence-corrected chi connectivity index (χ4v) is 2.49. The smallest absolute Gasteiger partial charge is 0.369 e. The Balaban J connectivity index is 2.32. The molecule has 0 saturated carbocycles. The summed E-state index contributed by atoms with van der Waals surface area (Å²) in [5.74, 6) is 0. The van der Waals surface area contributed by atoms with Crippen LogP contribution in [0.1, 0.15) is 18.9 Å². The normalized spacial score (nSPS) is 21.3. The molecule has 1 N–H and O–H groups in total. The van der Waals surface area contributed by atoms with Gasteiger partial charge in [-0.2, -0.15) is 13.2 Å². The number of halogens is 4. The van der Waals surface area contributed by atoms with Crippen molar-refractivity contribution >= 4 is 17.3 Å². The summed E-state index contributed by atoms with van der Waals surface area (Å²) in [4.78, 5) is 1.92. The first kappa shape index (κ1) is 14.5. The first-order valence-corrected chi connectivity index (χ1v) is 6.61. The average molecular weight is 293 g/mol. The molecule has 1 heterocycles. The number of nitrogens with zero attached hydrogens (tertiary/aromatic N) is 1. The van der Waals surface area contributed by atoms with E-state index < -0.39 is 11.7 Å². The van der Waals surface area contributed by atoms with Gasteiger partial charge in [0.25, 0.3) is 0 Å². The maximum absolute atomic E-state index is 12.7. The largest absolute Gasteiger partial charge is 0.416 e. The lowest BCUT2D eigenvalue weighted by molar-refractivity contribution is -0.137. The van der Waals surface area contributed by atoms with Crippen molar-refractivity contribution in [3.05, 3.63) is 28.8 Å². The zero-order valence-corrected chi connectivity index (χ0v) is 11.4. The molecule has 1 aliphatic heterocycles. The number of hydrogen-bond donors (Lipinski definition) is 1. The zero-order chi connectivity index (χ0) is 14.0. The fourth-order valence-electron chi connectivity index (χ4n) is 2.25. The van der Waals surface area contributed by atoms with E-state index in [0.29, 0.717) is 23.8 Å². The molecule has 0 aromatic heterocycles. The van der Waals surface area contributed by atoms with Gasteiger partial charge in [0.1, 0.15) is 0 Å². The number of hydrogen-bond acceptors (Lipinski definition) is 2. The molecule has 1 atom stereocenters. The Morgan fingerprint density at radius 1 is 1.37 bits per heavy atom. The van der Waals surface area contributed by atoms with E-state index in [9.17, 15) is 13.2 Å². The van der Waals surface area contributed by atoms with Crippen molar-refractivity contribution in [2.45, 2.75) is 25.6 Å². The van der Waals surface area contributed by atoms with E-state index in [4.69, 9.17) is 11.6 Å². The van der Waals surface area contributed by atoms with Crippen LogP contribution in [0.15, 0.2) is 18.2 Å². The summed E-state index contributed by atoms with van der Waals surface area (Å²) in [6.45, 7) is 4.24. The highest BCUT2D eigenvalue weighted by atomic mass is 35.5. The Morgan fingerprint density at radius 3 is 2.79 bits per heavy atom. The molecule has 106 valence electrons.